The van der Waals surface area contributed by atoms with Gasteiger partial charge in [-0.2, -0.15) is 0 Å². The number of anilines is 1. The number of morpholine rings is 1. The molecule has 1 fully saturated rings. The maximum atomic E-state index is 12.3. The third kappa shape index (κ3) is 2.71. The zero-order valence-corrected chi connectivity index (χ0v) is 16.6. The summed E-state index contributed by atoms with van der Waals surface area (Å²) in [7, 11) is -1.19. The molecule has 4 aromatic rings. The van der Waals surface area contributed by atoms with E-state index in [1.165, 1.54) is 0 Å². The van der Waals surface area contributed by atoms with Gasteiger partial charge in [-0.15, -0.1) is 0 Å². The van der Waals surface area contributed by atoms with Crippen LogP contribution in [0.3, 0.4) is 0 Å². The minimum Gasteiger partial charge on any atom is -0.377 e. The Morgan fingerprint density at radius 2 is 2.14 bits per heavy atom. The van der Waals surface area contributed by atoms with E-state index >= 15 is 0 Å². The predicted octanol–water partition coefficient (Wildman–Crippen LogP) is 2.95. The van der Waals surface area contributed by atoms with Gasteiger partial charge in [0, 0.05) is 42.2 Å². The smallest absolute Gasteiger partial charge is 0.154 e. The molecule has 1 aliphatic rings. The first kappa shape index (κ1) is 17.4. The number of H-pyrrole nitrogens is 1. The largest absolute Gasteiger partial charge is 0.377 e. The monoisotopic (exact) mass is 395 g/mol. The SMILES string of the molecule is CC1COCCN1c1cc(-c2ccnc3[nH]ccc23)c2ccn(S(C)=O)c2n1. The van der Waals surface area contributed by atoms with E-state index in [0.29, 0.717) is 13.2 Å². The van der Waals surface area contributed by atoms with Crippen LogP contribution in [0.5, 0.6) is 0 Å². The molecule has 0 aliphatic carbocycles. The zero-order valence-electron chi connectivity index (χ0n) is 15.8. The Morgan fingerprint density at radius 3 is 2.96 bits per heavy atom. The Labute approximate surface area is 164 Å². The highest BCUT2D eigenvalue weighted by atomic mass is 32.2. The highest BCUT2D eigenvalue weighted by molar-refractivity contribution is 7.82. The summed E-state index contributed by atoms with van der Waals surface area (Å²) in [5, 5.41) is 2.04. The average molecular weight is 395 g/mol. The van der Waals surface area contributed by atoms with Crippen molar-refractivity contribution in [3.8, 4) is 11.1 Å². The Kier molecular flexibility index (Phi) is 4.17. The minimum absolute atomic E-state index is 0.229. The van der Waals surface area contributed by atoms with Crippen LogP contribution >= 0.6 is 0 Å². The maximum absolute atomic E-state index is 12.3. The fourth-order valence-corrected chi connectivity index (χ4v) is 4.53. The van der Waals surface area contributed by atoms with Crippen LogP contribution in [0.2, 0.25) is 0 Å². The molecule has 8 heteroatoms. The molecular formula is C20H21N5O2S. The lowest BCUT2D eigenvalue weighted by Gasteiger charge is -2.34. The summed E-state index contributed by atoms with van der Waals surface area (Å²) in [4.78, 5) is 14.8. The number of nitrogens with zero attached hydrogens (tertiary/aromatic N) is 4. The first-order chi connectivity index (χ1) is 13.6. The van der Waals surface area contributed by atoms with Crippen molar-refractivity contribution in [1.29, 1.82) is 0 Å². The van der Waals surface area contributed by atoms with Crippen molar-refractivity contribution in [2.75, 3.05) is 30.9 Å². The normalized spacial score (nSPS) is 18.8. The van der Waals surface area contributed by atoms with Gasteiger partial charge in [-0.1, -0.05) is 0 Å². The lowest BCUT2D eigenvalue weighted by molar-refractivity contribution is 0.0986. The van der Waals surface area contributed by atoms with Gasteiger partial charge in [0.2, 0.25) is 0 Å². The van der Waals surface area contributed by atoms with Crippen LogP contribution < -0.4 is 4.90 Å². The van der Waals surface area contributed by atoms with Crippen LogP contribution in [-0.4, -0.2) is 55.2 Å². The summed E-state index contributed by atoms with van der Waals surface area (Å²) in [6.45, 7) is 4.27. The Balaban J connectivity index is 1.80. The molecule has 1 N–H and O–H groups in total. The first-order valence-electron chi connectivity index (χ1n) is 9.26. The molecular weight excluding hydrogens is 374 g/mol. The molecule has 2 atom stereocenters. The summed E-state index contributed by atoms with van der Waals surface area (Å²) < 4.78 is 19.6. The number of ether oxygens (including phenoxy) is 1. The van der Waals surface area contributed by atoms with E-state index in [9.17, 15) is 4.21 Å². The van der Waals surface area contributed by atoms with Crippen LogP contribution in [0.25, 0.3) is 33.2 Å². The number of rotatable bonds is 3. The molecule has 28 heavy (non-hydrogen) atoms. The summed E-state index contributed by atoms with van der Waals surface area (Å²) in [6.07, 6.45) is 7.23. The van der Waals surface area contributed by atoms with Crippen LogP contribution in [0.4, 0.5) is 5.82 Å². The van der Waals surface area contributed by atoms with E-state index in [1.54, 1.807) is 10.2 Å². The molecule has 7 nitrogen and oxygen atoms in total. The molecule has 0 aromatic carbocycles. The number of hydrogen-bond acceptors (Lipinski definition) is 5. The number of aromatic nitrogens is 4. The van der Waals surface area contributed by atoms with E-state index < -0.39 is 11.0 Å². The predicted molar refractivity (Wildman–Crippen MR) is 112 cm³/mol. The van der Waals surface area contributed by atoms with Gasteiger partial charge < -0.3 is 14.6 Å². The maximum Gasteiger partial charge on any atom is 0.154 e. The Morgan fingerprint density at radius 1 is 1.25 bits per heavy atom. The second-order valence-corrected chi connectivity index (χ2v) is 8.29. The van der Waals surface area contributed by atoms with Gasteiger partial charge in [-0.3, -0.25) is 3.97 Å². The second-order valence-electron chi connectivity index (χ2n) is 7.05. The van der Waals surface area contributed by atoms with Crippen molar-refractivity contribution in [2.45, 2.75) is 13.0 Å². The topological polar surface area (TPSA) is 76.0 Å². The summed E-state index contributed by atoms with van der Waals surface area (Å²) >= 11 is 0. The van der Waals surface area contributed by atoms with E-state index in [4.69, 9.17) is 9.72 Å². The molecule has 4 aromatic heterocycles. The lowest BCUT2D eigenvalue weighted by atomic mass is 10.0. The van der Waals surface area contributed by atoms with Crippen LogP contribution in [0, 0.1) is 0 Å². The van der Waals surface area contributed by atoms with Crippen LogP contribution in [0.15, 0.2) is 42.9 Å². The number of fused-ring (bicyclic) bond motifs is 2. The first-order valence-corrected chi connectivity index (χ1v) is 10.8. The second kappa shape index (κ2) is 6.72. The summed E-state index contributed by atoms with van der Waals surface area (Å²) in [5.74, 6) is 0.879. The highest BCUT2D eigenvalue weighted by Crippen LogP contribution is 2.36. The van der Waals surface area contributed by atoms with Gasteiger partial charge >= 0.3 is 0 Å². The van der Waals surface area contributed by atoms with Gasteiger partial charge in [-0.25, -0.2) is 14.2 Å². The van der Waals surface area contributed by atoms with Crippen molar-refractivity contribution in [3.63, 3.8) is 0 Å². The molecule has 144 valence electrons. The van der Waals surface area contributed by atoms with Crippen LogP contribution in [-0.2, 0) is 15.7 Å². The van der Waals surface area contributed by atoms with Gasteiger partial charge in [0.15, 0.2) is 5.65 Å². The number of hydrogen-bond donors (Lipinski definition) is 1. The minimum atomic E-state index is -1.19. The molecule has 2 unspecified atom stereocenters. The van der Waals surface area contributed by atoms with Gasteiger partial charge in [0.1, 0.15) is 22.5 Å². The number of nitrogens with one attached hydrogen (secondary N) is 1. The lowest BCUT2D eigenvalue weighted by Crippen LogP contribution is -2.44. The standard InChI is InChI=1S/C20H21N5O2S/c1-13-12-27-10-9-24(13)18-11-17(14-3-6-21-19-15(14)4-7-22-19)16-5-8-25(28(2)26)20(16)23-18/h3-8,11,13H,9-10,12H2,1-2H3,(H,21,22). The third-order valence-electron chi connectivity index (χ3n) is 5.30. The number of pyridine rings is 2. The molecule has 1 aliphatic heterocycles. The fourth-order valence-electron chi connectivity index (χ4n) is 3.91. The van der Waals surface area contributed by atoms with E-state index in [2.05, 4.69) is 27.9 Å². The molecule has 1 saturated heterocycles. The van der Waals surface area contributed by atoms with Crippen molar-refractivity contribution in [1.82, 2.24) is 18.9 Å². The van der Waals surface area contributed by atoms with Gasteiger partial charge in [0.25, 0.3) is 0 Å². The van der Waals surface area contributed by atoms with E-state index in [1.807, 2.05) is 36.8 Å². The number of aromatic amines is 1. The van der Waals surface area contributed by atoms with E-state index in [0.717, 1.165) is 45.6 Å². The van der Waals surface area contributed by atoms with Crippen LogP contribution in [0.1, 0.15) is 6.92 Å². The molecule has 0 radical (unpaired) electrons. The Hall–Kier alpha value is -2.71. The van der Waals surface area contributed by atoms with Crippen molar-refractivity contribution >= 4 is 38.9 Å². The average Bonchev–Trinajstić information content (AvgIpc) is 3.34. The Bertz CT molecular complexity index is 1200. The molecule has 5 rings (SSSR count). The highest BCUT2D eigenvalue weighted by Gasteiger charge is 2.23. The summed E-state index contributed by atoms with van der Waals surface area (Å²) in [6, 6.07) is 8.42. The quantitative estimate of drug-likeness (QED) is 0.577. The molecule has 5 heterocycles. The third-order valence-corrected chi connectivity index (χ3v) is 6.15. The zero-order chi connectivity index (χ0) is 19.3. The molecule has 0 amide bonds. The summed E-state index contributed by atoms with van der Waals surface area (Å²) in [5.41, 5.74) is 3.73. The fraction of sp³-hybridized carbons (Fsp3) is 0.300. The molecule has 0 spiro atoms. The van der Waals surface area contributed by atoms with Crippen molar-refractivity contribution in [2.24, 2.45) is 0 Å². The van der Waals surface area contributed by atoms with E-state index in [-0.39, 0.29) is 6.04 Å². The molecule has 0 bridgehead atoms. The van der Waals surface area contributed by atoms with Crippen molar-refractivity contribution in [3.05, 3.63) is 42.9 Å². The van der Waals surface area contributed by atoms with Crippen molar-refractivity contribution < 1.29 is 8.95 Å². The van der Waals surface area contributed by atoms with Gasteiger partial charge in [0.05, 0.1) is 19.3 Å². The molecule has 0 saturated carbocycles. The van der Waals surface area contributed by atoms with Gasteiger partial charge in [-0.05, 0) is 42.3 Å².